The van der Waals surface area contributed by atoms with Crippen LogP contribution in [0.2, 0.25) is 0 Å². The van der Waals surface area contributed by atoms with Crippen molar-refractivity contribution >= 4 is 21.5 Å². The predicted octanol–water partition coefficient (Wildman–Crippen LogP) is 4.02. The number of ketones is 1. The molecule has 0 saturated carbocycles. The van der Waals surface area contributed by atoms with Crippen molar-refractivity contribution < 1.29 is 13.2 Å². The number of hydrogen-bond acceptors (Lipinski definition) is 5. The van der Waals surface area contributed by atoms with E-state index in [1.165, 1.54) is 0 Å². The van der Waals surface area contributed by atoms with E-state index < -0.39 is 10.0 Å². The normalized spacial score (nSPS) is 11.2. The van der Waals surface area contributed by atoms with Crippen molar-refractivity contribution in [3.63, 3.8) is 0 Å². The third-order valence-electron chi connectivity index (χ3n) is 4.99. The van der Waals surface area contributed by atoms with Crippen LogP contribution in [0.4, 0.5) is 5.69 Å². The Hall–Kier alpha value is -3.78. The van der Waals surface area contributed by atoms with Gasteiger partial charge in [0.05, 0.1) is 10.6 Å². The Balaban J connectivity index is 1.41. The smallest absolute Gasteiger partial charge is 0.262 e. The second-order valence-corrected chi connectivity index (χ2v) is 9.00. The van der Waals surface area contributed by atoms with E-state index in [4.69, 9.17) is 0 Å². The summed E-state index contributed by atoms with van der Waals surface area (Å²) in [4.78, 5) is 16.5. The second-order valence-electron chi connectivity index (χ2n) is 7.35. The first kappa shape index (κ1) is 21.5. The molecule has 162 valence electrons. The Morgan fingerprint density at radius 2 is 1.72 bits per heavy atom. The van der Waals surface area contributed by atoms with Crippen molar-refractivity contribution in [3.8, 4) is 11.3 Å². The molecule has 0 bridgehead atoms. The van der Waals surface area contributed by atoms with Gasteiger partial charge in [-0.05, 0) is 47.9 Å². The lowest BCUT2D eigenvalue weighted by Gasteiger charge is -2.12. The number of pyridine rings is 1. The zero-order chi connectivity index (χ0) is 22.4. The number of H-pyrrole nitrogens is 1. The molecule has 4 aromatic rings. The molecule has 0 amide bonds. The molecule has 0 unspecified atom stereocenters. The topological polar surface area (TPSA) is 105 Å². The number of nitrogens with one attached hydrogen (secondary N) is 2. The number of nitrogens with zero attached hydrogens (tertiary/aromatic N) is 2. The summed E-state index contributed by atoms with van der Waals surface area (Å²) in [7, 11) is -3.82. The number of Topliss-reactive ketones (excluding diaryl/α,β-unsaturated/α-hetero) is 1. The number of aromatic nitrogens is 3. The van der Waals surface area contributed by atoms with Gasteiger partial charge in [-0.15, -0.1) is 0 Å². The van der Waals surface area contributed by atoms with Gasteiger partial charge in [-0.25, -0.2) is 8.42 Å². The zero-order valence-electron chi connectivity index (χ0n) is 17.2. The van der Waals surface area contributed by atoms with Crippen LogP contribution in [0.3, 0.4) is 0 Å². The molecule has 0 radical (unpaired) electrons. The van der Waals surface area contributed by atoms with E-state index in [-0.39, 0.29) is 10.7 Å². The van der Waals surface area contributed by atoms with Crippen molar-refractivity contribution in [1.82, 2.24) is 15.2 Å². The lowest BCUT2D eigenvalue weighted by atomic mass is 10.0. The van der Waals surface area contributed by atoms with Crippen LogP contribution in [0, 0.1) is 0 Å². The molecule has 0 aliphatic rings. The molecule has 8 heteroatoms. The van der Waals surface area contributed by atoms with Crippen molar-refractivity contribution in [3.05, 3.63) is 96.4 Å². The number of carbonyl (C=O) groups excluding carboxylic acids is 1. The lowest BCUT2D eigenvalue weighted by Crippen LogP contribution is -2.14. The maximum atomic E-state index is 13.0. The number of sulfonamides is 1. The molecule has 0 atom stereocenters. The minimum atomic E-state index is -3.82. The minimum absolute atomic E-state index is 0.121. The Bertz CT molecular complexity index is 1290. The third-order valence-corrected chi connectivity index (χ3v) is 6.43. The van der Waals surface area contributed by atoms with Crippen LogP contribution in [0.5, 0.6) is 0 Å². The Labute approximate surface area is 186 Å². The van der Waals surface area contributed by atoms with Gasteiger partial charge < -0.3 is 0 Å². The van der Waals surface area contributed by atoms with E-state index in [2.05, 4.69) is 19.9 Å². The van der Waals surface area contributed by atoms with E-state index in [0.29, 0.717) is 36.2 Å². The van der Waals surface area contributed by atoms with E-state index >= 15 is 0 Å². The van der Waals surface area contributed by atoms with Crippen molar-refractivity contribution in [2.24, 2.45) is 0 Å². The molecular weight excluding hydrogens is 424 g/mol. The van der Waals surface area contributed by atoms with E-state index in [9.17, 15) is 13.2 Å². The number of hydrogen-bond donors (Lipinski definition) is 2. The van der Waals surface area contributed by atoms with Gasteiger partial charge in [-0.3, -0.25) is 19.6 Å². The van der Waals surface area contributed by atoms with Gasteiger partial charge in [-0.1, -0.05) is 36.4 Å². The number of rotatable bonds is 9. The monoisotopic (exact) mass is 446 g/mol. The molecule has 2 aromatic heterocycles. The third kappa shape index (κ3) is 5.28. The van der Waals surface area contributed by atoms with Crippen LogP contribution in [-0.4, -0.2) is 29.4 Å². The number of benzene rings is 2. The molecule has 2 N–H and O–H groups in total. The largest absolute Gasteiger partial charge is 0.299 e. The summed E-state index contributed by atoms with van der Waals surface area (Å²) in [5.74, 6) is 0.121. The highest BCUT2D eigenvalue weighted by Gasteiger charge is 2.20. The second kappa shape index (κ2) is 9.57. The summed E-state index contributed by atoms with van der Waals surface area (Å²) in [6, 6.07) is 19.1. The van der Waals surface area contributed by atoms with Gasteiger partial charge >= 0.3 is 0 Å². The fraction of sp³-hybridized carbons (Fsp3) is 0.125. The van der Waals surface area contributed by atoms with Crippen LogP contribution in [0.25, 0.3) is 11.3 Å². The first-order chi connectivity index (χ1) is 15.5. The highest BCUT2D eigenvalue weighted by Crippen LogP contribution is 2.27. The first-order valence-electron chi connectivity index (χ1n) is 10.1. The molecule has 0 saturated heterocycles. The molecule has 7 nitrogen and oxygen atoms in total. The Morgan fingerprint density at radius 1 is 0.906 bits per heavy atom. The van der Waals surface area contributed by atoms with Gasteiger partial charge in [-0.2, -0.15) is 5.10 Å². The molecule has 0 aliphatic carbocycles. The van der Waals surface area contributed by atoms with Crippen molar-refractivity contribution in [1.29, 1.82) is 0 Å². The van der Waals surface area contributed by atoms with Gasteiger partial charge in [0, 0.05) is 42.7 Å². The van der Waals surface area contributed by atoms with E-state index in [0.717, 1.165) is 11.1 Å². The minimum Gasteiger partial charge on any atom is -0.299 e. The molecule has 32 heavy (non-hydrogen) atoms. The average molecular weight is 447 g/mol. The summed E-state index contributed by atoms with van der Waals surface area (Å²) in [6.07, 6.45) is 6.43. The molecule has 2 heterocycles. The van der Waals surface area contributed by atoms with Crippen molar-refractivity contribution in [2.45, 2.75) is 24.2 Å². The highest BCUT2D eigenvalue weighted by molar-refractivity contribution is 7.92. The molecule has 0 fully saturated rings. The maximum absolute atomic E-state index is 13.0. The summed E-state index contributed by atoms with van der Waals surface area (Å²) in [5, 5.41) is 6.70. The average Bonchev–Trinajstić information content (AvgIpc) is 3.35. The summed E-state index contributed by atoms with van der Waals surface area (Å²) in [6.45, 7) is 0. The van der Waals surface area contributed by atoms with Gasteiger partial charge in [0.1, 0.15) is 5.78 Å². The lowest BCUT2D eigenvalue weighted by molar-refractivity contribution is -0.118. The fourth-order valence-electron chi connectivity index (χ4n) is 3.38. The molecule has 0 spiro atoms. The summed E-state index contributed by atoms with van der Waals surface area (Å²) < 4.78 is 28.6. The zero-order valence-corrected chi connectivity index (χ0v) is 18.0. The molecule has 2 aromatic carbocycles. The quantitative estimate of drug-likeness (QED) is 0.404. The number of aryl methyl sites for hydroxylation is 1. The van der Waals surface area contributed by atoms with E-state index in [1.54, 1.807) is 73.2 Å². The maximum Gasteiger partial charge on any atom is 0.262 e. The van der Waals surface area contributed by atoms with E-state index in [1.807, 2.05) is 12.1 Å². The molecule has 4 rings (SSSR count). The number of aromatic amines is 1. The van der Waals surface area contributed by atoms with Crippen LogP contribution < -0.4 is 4.72 Å². The van der Waals surface area contributed by atoms with Gasteiger partial charge in [0.25, 0.3) is 10.0 Å². The molecule has 0 aliphatic heterocycles. The first-order valence-corrected chi connectivity index (χ1v) is 11.6. The standard InChI is InChI=1S/C24H22N4O3S/c29-21(12-9-19-4-3-14-25-17-19)16-18-7-10-20(11-8-18)28-32(30,31)24-6-2-1-5-22(24)23-13-15-26-27-23/h1-8,10-11,13-15,17,28H,9,12,16H2,(H,26,27). The Morgan fingerprint density at radius 3 is 2.44 bits per heavy atom. The van der Waals surface area contributed by atoms with Crippen LogP contribution in [0.1, 0.15) is 17.5 Å². The SMILES string of the molecule is O=C(CCc1cccnc1)Cc1ccc(NS(=O)(=O)c2ccccc2-c2ccn[nH]2)cc1. The van der Waals surface area contributed by atoms with Crippen LogP contribution in [0.15, 0.2) is 90.2 Å². The van der Waals surface area contributed by atoms with Gasteiger partial charge in [0.15, 0.2) is 0 Å². The van der Waals surface area contributed by atoms with Crippen molar-refractivity contribution in [2.75, 3.05) is 4.72 Å². The highest BCUT2D eigenvalue weighted by atomic mass is 32.2. The van der Waals surface area contributed by atoms with Crippen LogP contribution in [-0.2, 0) is 27.7 Å². The predicted molar refractivity (Wildman–Crippen MR) is 123 cm³/mol. The summed E-state index contributed by atoms with van der Waals surface area (Å²) >= 11 is 0. The molecular formula is C24H22N4O3S. The van der Waals surface area contributed by atoms with Crippen LogP contribution >= 0.6 is 0 Å². The fourth-order valence-corrected chi connectivity index (χ4v) is 4.66. The number of carbonyl (C=O) groups is 1. The number of anilines is 1. The van der Waals surface area contributed by atoms with Gasteiger partial charge in [0.2, 0.25) is 0 Å². The summed E-state index contributed by atoms with van der Waals surface area (Å²) in [5.41, 5.74) is 3.44. The Kier molecular flexibility index (Phi) is 6.42.